The predicted molar refractivity (Wildman–Crippen MR) is 99.0 cm³/mol. The highest BCUT2D eigenvalue weighted by Gasteiger charge is 2.36. The Bertz CT molecular complexity index is 999. The van der Waals surface area contributed by atoms with Crippen LogP contribution >= 0.6 is 15.9 Å². The number of carbonyl (C=O) groups excluding carboxylic acids is 1. The van der Waals surface area contributed by atoms with Crippen molar-refractivity contribution in [2.75, 3.05) is 7.05 Å². The minimum atomic E-state index is -4.63. The average molecular weight is 459 g/mol. The maximum absolute atomic E-state index is 13.4. The van der Waals surface area contributed by atoms with Gasteiger partial charge in [-0.3, -0.25) is 4.79 Å². The lowest BCUT2D eigenvalue weighted by Gasteiger charge is -2.24. The Morgan fingerprint density at radius 2 is 2.14 bits per heavy atom. The molecule has 1 atom stereocenters. The van der Waals surface area contributed by atoms with Crippen molar-refractivity contribution < 1.29 is 22.4 Å². The summed E-state index contributed by atoms with van der Waals surface area (Å²) >= 11 is 3.20. The molecule has 10 heteroatoms. The van der Waals surface area contributed by atoms with Gasteiger partial charge in [-0.05, 0) is 54.4 Å². The molecule has 0 saturated heterocycles. The molecule has 6 nitrogen and oxygen atoms in total. The molecule has 0 bridgehead atoms. The lowest BCUT2D eigenvalue weighted by Crippen LogP contribution is -2.35. The van der Waals surface area contributed by atoms with Crippen LogP contribution in [0.5, 0.6) is 0 Å². The molecule has 28 heavy (non-hydrogen) atoms. The zero-order valence-electron chi connectivity index (χ0n) is 15.4. The van der Waals surface area contributed by atoms with E-state index in [2.05, 4.69) is 26.0 Å². The molecule has 3 rings (SSSR count). The first-order chi connectivity index (χ1) is 13.1. The van der Waals surface area contributed by atoms with Crippen molar-refractivity contribution in [3.05, 3.63) is 51.8 Å². The zero-order chi connectivity index (χ0) is 20.6. The quantitative estimate of drug-likeness (QED) is 0.564. The van der Waals surface area contributed by atoms with Crippen LogP contribution in [0.15, 0.2) is 33.4 Å². The number of rotatable bonds is 5. The van der Waals surface area contributed by atoms with E-state index < -0.39 is 17.8 Å². The minimum Gasteiger partial charge on any atom is -0.469 e. The number of hydrogen-bond donors (Lipinski definition) is 0. The summed E-state index contributed by atoms with van der Waals surface area (Å²) < 4.78 is 46.1. The fourth-order valence-corrected chi connectivity index (χ4v) is 3.32. The van der Waals surface area contributed by atoms with Gasteiger partial charge in [0.15, 0.2) is 11.3 Å². The van der Waals surface area contributed by atoms with E-state index in [1.807, 2.05) is 13.0 Å². The molecule has 0 saturated carbocycles. The zero-order valence-corrected chi connectivity index (χ0v) is 17.0. The Hall–Kier alpha value is -2.36. The van der Waals surface area contributed by atoms with Gasteiger partial charge in [0, 0.05) is 25.2 Å². The Morgan fingerprint density at radius 1 is 1.43 bits per heavy atom. The Balaban J connectivity index is 1.89. The summed E-state index contributed by atoms with van der Waals surface area (Å²) in [6.07, 6.45) is -1.78. The van der Waals surface area contributed by atoms with Crippen molar-refractivity contribution in [1.29, 1.82) is 0 Å². The number of carbonyl (C=O) groups is 1. The summed E-state index contributed by atoms with van der Waals surface area (Å²) in [7, 11) is 1.59. The monoisotopic (exact) mass is 458 g/mol. The second kappa shape index (κ2) is 7.57. The third-order valence-electron chi connectivity index (χ3n) is 4.52. The van der Waals surface area contributed by atoms with E-state index in [1.54, 1.807) is 19.4 Å². The third kappa shape index (κ3) is 3.91. The number of halogens is 4. The summed E-state index contributed by atoms with van der Waals surface area (Å²) in [6, 6.07) is 4.36. The van der Waals surface area contributed by atoms with Crippen molar-refractivity contribution in [3.8, 4) is 0 Å². The summed E-state index contributed by atoms with van der Waals surface area (Å²) in [5.74, 6) is 0.311. The van der Waals surface area contributed by atoms with Crippen LogP contribution in [-0.2, 0) is 12.6 Å². The van der Waals surface area contributed by atoms with Gasteiger partial charge in [-0.25, -0.2) is 9.50 Å². The summed E-state index contributed by atoms with van der Waals surface area (Å²) in [6.45, 7) is 3.31. The molecule has 1 unspecified atom stereocenters. The van der Waals surface area contributed by atoms with Crippen LogP contribution in [0.2, 0.25) is 0 Å². The number of fused-ring (bicyclic) bond motifs is 1. The Labute approximate surface area is 167 Å². The first-order valence-corrected chi connectivity index (χ1v) is 9.31. The fraction of sp³-hybridized carbons (Fsp3) is 0.389. The largest absolute Gasteiger partial charge is 0.469 e. The van der Waals surface area contributed by atoms with Crippen LogP contribution in [0.4, 0.5) is 13.2 Å². The van der Waals surface area contributed by atoms with Crippen LogP contribution in [0.25, 0.3) is 5.65 Å². The van der Waals surface area contributed by atoms with Crippen LogP contribution < -0.4 is 0 Å². The molecule has 0 aliphatic rings. The number of aryl methyl sites for hydroxylation is 2. The van der Waals surface area contributed by atoms with E-state index in [1.165, 1.54) is 11.8 Å². The van der Waals surface area contributed by atoms with Gasteiger partial charge >= 0.3 is 6.18 Å². The van der Waals surface area contributed by atoms with Gasteiger partial charge < -0.3 is 9.32 Å². The van der Waals surface area contributed by atoms with E-state index in [-0.39, 0.29) is 27.5 Å². The van der Waals surface area contributed by atoms with Crippen molar-refractivity contribution in [2.45, 2.75) is 38.9 Å². The molecule has 150 valence electrons. The molecule has 1 amide bonds. The van der Waals surface area contributed by atoms with Gasteiger partial charge in [0.25, 0.3) is 5.91 Å². The predicted octanol–water partition coefficient (Wildman–Crippen LogP) is 4.51. The van der Waals surface area contributed by atoms with Crippen molar-refractivity contribution in [2.24, 2.45) is 0 Å². The third-order valence-corrected chi connectivity index (χ3v) is 5.25. The molecule has 0 spiro atoms. The normalized spacial score (nSPS) is 13.1. The number of nitrogens with zero attached hydrogens (tertiary/aromatic N) is 4. The molecule has 3 aromatic heterocycles. The molecule has 0 radical (unpaired) electrons. The first kappa shape index (κ1) is 20.4. The molecule has 3 aromatic rings. The van der Waals surface area contributed by atoms with Crippen molar-refractivity contribution >= 4 is 27.5 Å². The number of furan rings is 1. The fourth-order valence-electron chi connectivity index (χ4n) is 2.82. The maximum Gasteiger partial charge on any atom is 0.433 e. The second-order valence-electron chi connectivity index (χ2n) is 6.56. The van der Waals surface area contributed by atoms with Gasteiger partial charge in [0.05, 0.1) is 10.7 Å². The lowest BCUT2D eigenvalue weighted by molar-refractivity contribution is -0.142. The Morgan fingerprint density at radius 3 is 2.75 bits per heavy atom. The van der Waals surface area contributed by atoms with Crippen LogP contribution in [0.3, 0.4) is 0 Å². The van der Waals surface area contributed by atoms with Gasteiger partial charge in [-0.2, -0.15) is 18.3 Å². The van der Waals surface area contributed by atoms with Crippen molar-refractivity contribution in [3.63, 3.8) is 0 Å². The molecular weight excluding hydrogens is 441 g/mol. The molecular formula is C18H18BrF3N4O2. The van der Waals surface area contributed by atoms with Gasteiger partial charge in [0.1, 0.15) is 11.5 Å². The minimum absolute atomic E-state index is 0.0488. The Kier molecular flexibility index (Phi) is 5.51. The number of amides is 1. The number of hydrogen-bond acceptors (Lipinski definition) is 4. The molecule has 0 aliphatic carbocycles. The smallest absolute Gasteiger partial charge is 0.433 e. The second-order valence-corrected chi connectivity index (χ2v) is 7.35. The summed E-state index contributed by atoms with van der Waals surface area (Å²) in [5, 5.41) is 3.91. The average Bonchev–Trinajstić information content (AvgIpc) is 3.25. The topological polar surface area (TPSA) is 63.6 Å². The highest BCUT2D eigenvalue weighted by atomic mass is 79.9. The molecule has 3 heterocycles. The van der Waals surface area contributed by atoms with Crippen LogP contribution in [-0.4, -0.2) is 38.5 Å². The van der Waals surface area contributed by atoms with E-state index in [9.17, 15) is 18.0 Å². The molecule has 0 aromatic carbocycles. The van der Waals surface area contributed by atoms with E-state index in [0.717, 1.165) is 11.8 Å². The molecule has 0 N–H and O–H groups in total. The summed E-state index contributed by atoms with van der Waals surface area (Å²) in [5.41, 5.74) is -0.967. The van der Waals surface area contributed by atoms with Crippen LogP contribution in [0.1, 0.15) is 41.0 Å². The maximum atomic E-state index is 13.4. The van der Waals surface area contributed by atoms with E-state index in [4.69, 9.17) is 4.42 Å². The number of alkyl halides is 3. The van der Waals surface area contributed by atoms with Gasteiger partial charge in [-0.15, -0.1) is 0 Å². The SMILES string of the molecule is Cc1cc(C(F)(F)F)n2nc(C(=O)N(C)C(C)CCc3ccco3)c(Br)c2n1. The van der Waals surface area contributed by atoms with Crippen LogP contribution in [0, 0.1) is 6.92 Å². The summed E-state index contributed by atoms with van der Waals surface area (Å²) in [4.78, 5) is 18.4. The molecule has 0 fully saturated rings. The van der Waals surface area contributed by atoms with E-state index in [0.29, 0.717) is 17.4 Å². The van der Waals surface area contributed by atoms with Gasteiger partial charge in [-0.1, -0.05) is 0 Å². The van der Waals surface area contributed by atoms with E-state index >= 15 is 0 Å². The molecule has 0 aliphatic heterocycles. The highest BCUT2D eigenvalue weighted by Crippen LogP contribution is 2.32. The van der Waals surface area contributed by atoms with Crippen molar-refractivity contribution in [1.82, 2.24) is 19.5 Å². The van der Waals surface area contributed by atoms with Gasteiger partial charge in [0.2, 0.25) is 0 Å². The standard InChI is InChI=1S/C18H18BrF3N4O2/c1-10-9-13(18(20,21)22)26-16(23-10)14(19)15(24-26)17(27)25(3)11(2)6-7-12-5-4-8-28-12/h4-5,8-9,11H,6-7H2,1-3H3. The lowest BCUT2D eigenvalue weighted by atomic mass is 10.1. The number of aromatic nitrogens is 3. The highest BCUT2D eigenvalue weighted by molar-refractivity contribution is 9.10. The first-order valence-electron chi connectivity index (χ1n) is 8.52.